The second kappa shape index (κ2) is 7.77. The first-order chi connectivity index (χ1) is 15.0. The summed E-state index contributed by atoms with van der Waals surface area (Å²) >= 11 is 0. The van der Waals surface area contributed by atoms with E-state index in [-0.39, 0.29) is 5.69 Å². The van der Waals surface area contributed by atoms with E-state index in [1.54, 1.807) is 12.3 Å². The smallest absolute Gasteiger partial charge is 0.299 e. The van der Waals surface area contributed by atoms with Gasteiger partial charge in [0.2, 0.25) is 0 Å². The van der Waals surface area contributed by atoms with Gasteiger partial charge < -0.3 is 0 Å². The number of alkyl halides is 3. The summed E-state index contributed by atoms with van der Waals surface area (Å²) in [6, 6.07) is 8.70. The van der Waals surface area contributed by atoms with E-state index in [2.05, 4.69) is 26.0 Å². The minimum absolute atomic E-state index is 0.0907. The lowest BCUT2D eigenvalue weighted by Gasteiger charge is -2.15. The highest BCUT2D eigenvalue weighted by Crippen LogP contribution is 2.34. The number of pyridine rings is 2. The van der Waals surface area contributed by atoms with Gasteiger partial charge >= 0.3 is 6.18 Å². The van der Waals surface area contributed by atoms with Crippen LogP contribution in [0.4, 0.5) is 13.2 Å². The molecule has 3 aromatic heterocycles. The summed E-state index contributed by atoms with van der Waals surface area (Å²) in [4.78, 5) is 10.7. The van der Waals surface area contributed by atoms with Gasteiger partial charge in [-0.2, -0.15) is 18.3 Å². The molecule has 158 valence electrons. The van der Waals surface area contributed by atoms with Crippen LogP contribution in [-0.4, -0.2) is 37.7 Å². The highest BCUT2D eigenvalue weighted by Gasteiger charge is 2.34. The maximum atomic E-state index is 13.4. The molecule has 1 aliphatic rings. The second-order valence-corrected chi connectivity index (χ2v) is 7.79. The maximum absolute atomic E-state index is 13.4. The van der Waals surface area contributed by atoms with Crippen molar-refractivity contribution < 1.29 is 13.2 Å². The molecule has 1 saturated heterocycles. The van der Waals surface area contributed by atoms with Crippen molar-refractivity contribution in [3.8, 4) is 16.8 Å². The Morgan fingerprint density at radius 2 is 1.71 bits per heavy atom. The van der Waals surface area contributed by atoms with Crippen LogP contribution in [0.15, 0.2) is 61.3 Å². The number of nitrogens with zero attached hydrogens (tertiary/aromatic N) is 5. The fourth-order valence-electron chi connectivity index (χ4n) is 4.13. The van der Waals surface area contributed by atoms with Gasteiger partial charge in [0, 0.05) is 36.1 Å². The molecule has 0 N–H and O–H groups in total. The Balaban J connectivity index is 1.50. The van der Waals surface area contributed by atoms with Crippen LogP contribution >= 0.6 is 0 Å². The van der Waals surface area contributed by atoms with E-state index in [1.807, 2.05) is 24.5 Å². The summed E-state index contributed by atoms with van der Waals surface area (Å²) in [5.74, 6) is 0. The van der Waals surface area contributed by atoms with Gasteiger partial charge in [-0.15, -0.1) is 0 Å². The predicted octanol–water partition coefficient (Wildman–Crippen LogP) is 5.10. The van der Waals surface area contributed by atoms with E-state index >= 15 is 0 Å². The molecule has 0 amide bonds. The van der Waals surface area contributed by atoms with Gasteiger partial charge in [-0.1, -0.05) is 6.07 Å². The molecule has 8 heteroatoms. The Labute approximate surface area is 177 Å². The summed E-state index contributed by atoms with van der Waals surface area (Å²) in [5.41, 5.74) is 2.81. The first kappa shape index (κ1) is 19.7. The molecule has 4 heterocycles. The molecule has 5 rings (SSSR count). The number of halogens is 3. The van der Waals surface area contributed by atoms with Crippen LogP contribution in [0.2, 0.25) is 0 Å². The standard InChI is InChI=1S/C23H20F3N5/c24-23(25,26)20-5-6-27-14-22(20)31-21-4-3-17(10-19(21)13-29-31)18-9-16(11-28-12-18)15-30-7-1-2-8-30/h3-6,9-14H,1-2,7-8,15H2. The minimum atomic E-state index is -4.49. The Bertz CT molecular complexity index is 1230. The van der Waals surface area contributed by atoms with Crippen LogP contribution in [0.5, 0.6) is 0 Å². The van der Waals surface area contributed by atoms with E-state index in [9.17, 15) is 13.2 Å². The van der Waals surface area contributed by atoms with Crippen molar-refractivity contribution >= 4 is 10.9 Å². The number of hydrogen-bond donors (Lipinski definition) is 0. The zero-order valence-electron chi connectivity index (χ0n) is 16.7. The van der Waals surface area contributed by atoms with Crippen LogP contribution in [-0.2, 0) is 12.7 Å². The number of aromatic nitrogens is 4. The summed E-state index contributed by atoms with van der Waals surface area (Å²) in [6.07, 6.45) is 5.58. The van der Waals surface area contributed by atoms with Crippen molar-refractivity contribution in [3.05, 3.63) is 72.4 Å². The molecule has 5 nitrogen and oxygen atoms in total. The van der Waals surface area contributed by atoms with Gasteiger partial charge in [0.25, 0.3) is 0 Å². The van der Waals surface area contributed by atoms with E-state index in [0.717, 1.165) is 54.0 Å². The molecule has 0 aliphatic carbocycles. The minimum Gasteiger partial charge on any atom is -0.299 e. The summed E-state index contributed by atoms with van der Waals surface area (Å²) in [6.45, 7) is 3.11. The Morgan fingerprint density at radius 1 is 0.871 bits per heavy atom. The first-order valence-electron chi connectivity index (χ1n) is 10.1. The molecule has 1 aromatic carbocycles. The van der Waals surface area contributed by atoms with Crippen LogP contribution in [0.3, 0.4) is 0 Å². The van der Waals surface area contributed by atoms with E-state index in [0.29, 0.717) is 5.52 Å². The predicted molar refractivity (Wildman–Crippen MR) is 112 cm³/mol. The lowest BCUT2D eigenvalue weighted by molar-refractivity contribution is -0.137. The lowest BCUT2D eigenvalue weighted by Crippen LogP contribution is -2.18. The van der Waals surface area contributed by atoms with Crippen molar-refractivity contribution in [2.24, 2.45) is 0 Å². The molecule has 4 aromatic rings. The summed E-state index contributed by atoms with van der Waals surface area (Å²) in [5, 5.41) is 4.96. The third-order valence-electron chi connectivity index (χ3n) is 5.63. The molecule has 31 heavy (non-hydrogen) atoms. The fraction of sp³-hybridized carbons (Fsp3) is 0.261. The second-order valence-electron chi connectivity index (χ2n) is 7.79. The number of benzene rings is 1. The molecule has 0 spiro atoms. The van der Waals surface area contributed by atoms with Gasteiger partial charge in [0.15, 0.2) is 0 Å². The molecule has 1 aliphatic heterocycles. The summed E-state index contributed by atoms with van der Waals surface area (Å²) in [7, 11) is 0. The Morgan fingerprint density at radius 3 is 2.52 bits per heavy atom. The van der Waals surface area contributed by atoms with E-state index < -0.39 is 11.7 Å². The first-order valence-corrected chi connectivity index (χ1v) is 10.1. The van der Waals surface area contributed by atoms with Crippen LogP contribution < -0.4 is 0 Å². The summed E-state index contributed by atoms with van der Waals surface area (Å²) < 4.78 is 41.6. The average molecular weight is 423 g/mol. The van der Waals surface area contributed by atoms with Crippen molar-refractivity contribution in [2.75, 3.05) is 13.1 Å². The molecular formula is C23H20F3N5. The molecule has 1 fully saturated rings. The highest BCUT2D eigenvalue weighted by atomic mass is 19.4. The largest absolute Gasteiger partial charge is 0.418 e. The highest BCUT2D eigenvalue weighted by molar-refractivity contribution is 5.85. The quantitative estimate of drug-likeness (QED) is 0.458. The Kier molecular flexibility index (Phi) is 4.94. The lowest BCUT2D eigenvalue weighted by atomic mass is 10.0. The molecule has 0 unspecified atom stereocenters. The molecule has 0 saturated carbocycles. The van der Waals surface area contributed by atoms with Gasteiger partial charge in [-0.3, -0.25) is 14.9 Å². The van der Waals surface area contributed by atoms with Crippen LogP contribution in [0.1, 0.15) is 24.0 Å². The van der Waals surface area contributed by atoms with Crippen molar-refractivity contribution in [2.45, 2.75) is 25.6 Å². The van der Waals surface area contributed by atoms with E-state index in [4.69, 9.17) is 0 Å². The molecular weight excluding hydrogens is 403 g/mol. The maximum Gasteiger partial charge on any atom is 0.418 e. The molecule has 0 bridgehead atoms. The van der Waals surface area contributed by atoms with Crippen molar-refractivity contribution in [1.82, 2.24) is 24.6 Å². The average Bonchev–Trinajstić information content (AvgIpc) is 3.42. The molecule has 0 radical (unpaired) electrons. The number of fused-ring (bicyclic) bond motifs is 1. The normalized spacial score (nSPS) is 15.1. The van der Waals surface area contributed by atoms with E-state index in [1.165, 1.54) is 23.7 Å². The fourth-order valence-corrected chi connectivity index (χ4v) is 4.13. The third-order valence-corrected chi connectivity index (χ3v) is 5.63. The topological polar surface area (TPSA) is 46.8 Å². The number of hydrogen-bond acceptors (Lipinski definition) is 4. The van der Waals surface area contributed by atoms with Crippen LogP contribution in [0, 0.1) is 0 Å². The number of rotatable bonds is 4. The Hall–Kier alpha value is -3.26. The van der Waals surface area contributed by atoms with Gasteiger partial charge in [-0.25, -0.2) is 4.68 Å². The third kappa shape index (κ3) is 3.90. The molecule has 0 atom stereocenters. The number of likely N-dealkylation sites (tertiary alicyclic amines) is 1. The van der Waals surface area contributed by atoms with Crippen molar-refractivity contribution in [3.63, 3.8) is 0 Å². The van der Waals surface area contributed by atoms with Gasteiger partial charge in [0.1, 0.15) is 0 Å². The van der Waals surface area contributed by atoms with Gasteiger partial charge in [-0.05, 0) is 61.3 Å². The van der Waals surface area contributed by atoms with Crippen molar-refractivity contribution in [1.29, 1.82) is 0 Å². The van der Waals surface area contributed by atoms with Crippen LogP contribution in [0.25, 0.3) is 27.7 Å². The van der Waals surface area contributed by atoms with Gasteiger partial charge in [0.05, 0.1) is 29.2 Å². The zero-order chi connectivity index (χ0) is 21.4. The zero-order valence-corrected chi connectivity index (χ0v) is 16.7. The SMILES string of the molecule is FC(F)(F)c1ccncc1-n1ncc2cc(-c3cncc(CN4CCCC4)c3)ccc21. The monoisotopic (exact) mass is 423 g/mol.